The van der Waals surface area contributed by atoms with Gasteiger partial charge in [-0.1, -0.05) is 48.0 Å². The summed E-state index contributed by atoms with van der Waals surface area (Å²) in [5, 5.41) is 3.10. The lowest BCUT2D eigenvalue weighted by Gasteiger charge is -2.36. The zero-order chi connectivity index (χ0) is 16.1. The number of piperazine rings is 1. The first-order valence-corrected chi connectivity index (χ1v) is 8.79. The van der Waals surface area contributed by atoms with E-state index in [-0.39, 0.29) is 12.1 Å². The second-order valence-electron chi connectivity index (χ2n) is 6.37. The van der Waals surface area contributed by atoms with Gasteiger partial charge in [-0.2, -0.15) is 0 Å². The first-order chi connectivity index (χ1) is 10.5. The topological polar surface area (TPSA) is 35.6 Å². The summed E-state index contributed by atoms with van der Waals surface area (Å²) >= 11 is 3.54. The van der Waals surface area contributed by atoms with Gasteiger partial charge in [0, 0.05) is 37.2 Å². The van der Waals surface area contributed by atoms with Crippen LogP contribution < -0.4 is 5.32 Å². The van der Waals surface area contributed by atoms with Crippen LogP contribution in [0.2, 0.25) is 0 Å². The van der Waals surface area contributed by atoms with E-state index in [2.05, 4.69) is 40.0 Å². The summed E-state index contributed by atoms with van der Waals surface area (Å²) in [4.78, 5) is 16.8. The van der Waals surface area contributed by atoms with Crippen molar-refractivity contribution in [1.29, 1.82) is 0 Å². The van der Waals surface area contributed by atoms with Gasteiger partial charge >= 0.3 is 6.03 Å². The number of nitrogens with one attached hydrogen (secondary N) is 1. The van der Waals surface area contributed by atoms with Crippen molar-refractivity contribution in [2.24, 2.45) is 5.92 Å². The maximum absolute atomic E-state index is 12.4. The van der Waals surface area contributed by atoms with Gasteiger partial charge in [-0.05, 0) is 24.5 Å². The molecular weight excluding hydrogens is 342 g/mol. The molecule has 1 aliphatic rings. The van der Waals surface area contributed by atoms with Crippen molar-refractivity contribution >= 4 is 22.0 Å². The molecule has 1 aliphatic heterocycles. The Labute approximate surface area is 142 Å². The molecule has 0 bridgehead atoms. The molecule has 1 fully saturated rings. The Morgan fingerprint density at radius 3 is 2.41 bits per heavy atom. The third kappa shape index (κ3) is 4.71. The molecule has 1 aromatic rings. The maximum atomic E-state index is 12.4. The first-order valence-electron chi connectivity index (χ1n) is 7.99. The molecule has 1 unspecified atom stereocenters. The SMILES string of the molecule is CC(C)CN1CCN(C(=O)NC(C)c2ccccc2Br)CC1. The lowest BCUT2D eigenvalue weighted by atomic mass is 10.1. The fraction of sp³-hybridized carbons (Fsp3) is 0.588. The second kappa shape index (κ2) is 7.97. The van der Waals surface area contributed by atoms with Crippen molar-refractivity contribution in [2.45, 2.75) is 26.8 Å². The van der Waals surface area contributed by atoms with Crippen molar-refractivity contribution in [2.75, 3.05) is 32.7 Å². The Hall–Kier alpha value is -1.07. The molecule has 122 valence electrons. The highest BCUT2D eigenvalue weighted by molar-refractivity contribution is 9.10. The van der Waals surface area contributed by atoms with Crippen molar-refractivity contribution < 1.29 is 4.79 Å². The van der Waals surface area contributed by atoms with E-state index in [0.29, 0.717) is 5.92 Å². The molecule has 2 rings (SSSR count). The van der Waals surface area contributed by atoms with E-state index in [1.54, 1.807) is 0 Å². The molecule has 22 heavy (non-hydrogen) atoms. The van der Waals surface area contributed by atoms with E-state index >= 15 is 0 Å². The number of urea groups is 1. The second-order valence-corrected chi connectivity index (χ2v) is 7.23. The van der Waals surface area contributed by atoms with E-state index in [1.807, 2.05) is 36.1 Å². The molecule has 1 heterocycles. The molecule has 0 spiro atoms. The van der Waals surface area contributed by atoms with Gasteiger partial charge in [0.05, 0.1) is 6.04 Å². The van der Waals surface area contributed by atoms with Crippen LogP contribution in [0.25, 0.3) is 0 Å². The van der Waals surface area contributed by atoms with Crippen molar-refractivity contribution in [3.05, 3.63) is 34.3 Å². The van der Waals surface area contributed by atoms with Crippen LogP contribution in [0.1, 0.15) is 32.4 Å². The number of amides is 2. The van der Waals surface area contributed by atoms with Gasteiger partial charge in [0.15, 0.2) is 0 Å². The summed E-state index contributed by atoms with van der Waals surface area (Å²) in [6.07, 6.45) is 0. The number of halogens is 1. The minimum Gasteiger partial charge on any atom is -0.331 e. The summed E-state index contributed by atoms with van der Waals surface area (Å²) in [7, 11) is 0. The lowest BCUT2D eigenvalue weighted by Crippen LogP contribution is -2.52. The van der Waals surface area contributed by atoms with Crippen molar-refractivity contribution in [1.82, 2.24) is 15.1 Å². The van der Waals surface area contributed by atoms with Gasteiger partial charge < -0.3 is 10.2 Å². The number of hydrogen-bond acceptors (Lipinski definition) is 2. The van der Waals surface area contributed by atoms with Gasteiger partial charge in [-0.15, -0.1) is 0 Å². The van der Waals surface area contributed by atoms with E-state index < -0.39 is 0 Å². The predicted octanol–water partition coefficient (Wildman–Crippen LogP) is 3.49. The zero-order valence-corrected chi connectivity index (χ0v) is 15.3. The fourth-order valence-electron chi connectivity index (χ4n) is 2.83. The van der Waals surface area contributed by atoms with Crippen LogP contribution in [0.15, 0.2) is 28.7 Å². The predicted molar refractivity (Wildman–Crippen MR) is 93.9 cm³/mol. The minimum absolute atomic E-state index is 0.00299. The van der Waals surface area contributed by atoms with Gasteiger partial charge in [-0.3, -0.25) is 4.90 Å². The van der Waals surface area contributed by atoms with E-state index in [9.17, 15) is 4.79 Å². The zero-order valence-electron chi connectivity index (χ0n) is 13.7. The standard InChI is InChI=1S/C17H26BrN3O/c1-13(2)12-20-8-10-21(11-9-20)17(22)19-14(3)15-6-4-5-7-16(15)18/h4-7,13-14H,8-12H2,1-3H3,(H,19,22). The van der Waals surface area contributed by atoms with Gasteiger partial charge in [0.2, 0.25) is 0 Å². The fourth-order valence-corrected chi connectivity index (χ4v) is 3.46. The van der Waals surface area contributed by atoms with E-state index in [4.69, 9.17) is 0 Å². The molecular formula is C17H26BrN3O. The molecule has 1 atom stereocenters. The van der Waals surface area contributed by atoms with Crippen LogP contribution in [0, 0.1) is 5.92 Å². The summed E-state index contributed by atoms with van der Waals surface area (Å²) in [6.45, 7) is 11.2. The van der Waals surface area contributed by atoms with E-state index in [1.165, 1.54) is 0 Å². The van der Waals surface area contributed by atoms with Crippen LogP contribution in [0.4, 0.5) is 4.79 Å². The summed E-state index contributed by atoms with van der Waals surface area (Å²) in [5.74, 6) is 0.677. The van der Waals surface area contributed by atoms with Gasteiger partial charge in [-0.25, -0.2) is 4.79 Å². The number of hydrogen-bond donors (Lipinski definition) is 1. The summed E-state index contributed by atoms with van der Waals surface area (Å²) in [6, 6.07) is 8.05. The van der Waals surface area contributed by atoms with E-state index in [0.717, 1.165) is 42.8 Å². The van der Waals surface area contributed by atoms with Gasteiger partial charge in [0.1, 0.15) is 0 Å². The average Bonchev–Trinajstić information content (AvgIpc) is 2.47. The van der Waals surface area contributed by atoms with Crippen LogP contribution in [0.5, 0.6) is 0 Å². The normalized spacial score (nSPS) is 17.6. The number of nitrogens with zero attached hydrogens (tertiary/aromatic N) is 2. The molecule has 0 radical (unpaired) electrons. The summed E-state index contributed by atoms with van der Waals surface area (Å²) in [5.41, 5.74) is 1.11. The van der Waals surface area contributed by atoms with Crippen LogP contribution in [-0.4, -0.2) is 48.6 Å². The highest BCUT2D eigenvalue weighted by Crippen LogP contribution is 2.22. The molecule has 0 aliphatic carbocycles. The Morgan fingerprint density at radius 1 is 1.18 bits per heavy atom. The number of carbonyl (C=O) groups excluding carboxylic acids is 1. The molecule has 0 saturated carbocycles. The molecule has 1 aromatic carbocycles. The lowest BCUT2D eigenvalue weighted by molar-refractivity contribution is 0.129. The number of carbonyl (C=O) groups is 1. The Bertz CT molecular complexity index is 498. The number of rotatable bonds is 4. The monoisotopic (exact) mass is 367 g/mol. The smallest absolute Gasteiger partial charge is 0.317 e. The molecule has 4 nitrogen and oxygen atoms in total. The van der Waals surface area contributed by atoms with Crippen LogP contribution in [0.3, 0.4) is 0 Å². The maximum Gasteiger partial charge on any atom is 0.317 e. The molecule has 1 saturated heterocycles. The molecule has 2 amide bonds. The Morgan fingerprint density at radius 2 is 1.82 bits per heavy atom. The third-order valence-electron chi connectivity index (χ3n) is 3.99. The van der Waals surface area contributed by atoms with Gasteiger partial charge in [0.25, 0.3) is 0 Å². The van der Waals surface area contributed by atoms with Crippen LogP contribution >= 0.6 is 15.9 Å². The number of benzene rings is 1. The third-order valence-corrected chi connectivity index (χ3v) is 4.72. The van der Waals surface area contributed by atoms with Crippen molar-refractivity contribution in [3.8, 4) is 0 Å². The minimum atomic E-state index is -0.00299. The average molecular weight is 368 g/mol. The van der Waals surface area contributed by atoms with Crippen LogP contribution in [-0.2, 0) is 0 Å². The quantitative estimate of drug-likeness (QED) is 0.883. The Kier molecular flexibility index (Phi) is 6.26. The summed E-state index contributed by atoms with van der Waals surface area (Å²) < 4.78 is 1.03. The molecule has 5 heteroatoms. The largest absolute Gasteiger partial charge is 0.331 e. The highest BCUT2D eigenvalue weighted by Gasteiger charge is 2.22. The molecule has 1 N–H and O–H groups in total. The first kappa shape index (κ1) is 17.3. The molecule has 0 aromatic heterocycles. The highest BCUT2D eigenvalue weighted by atomic mass is 79.9. The Balaban J connectivity index is 1.84. The van der Waals surface area contributed by atoms with Crippen molar-refractivity contribution in [3.63, 3.8) is 0 Å².